The van der Waals surface area contributed by atoms with Gasteiger partial charge in [-0.05, 0) is 47.9 Å². The molecule has 0 aliphatic heterocycles. The minimum Gasteiger partial charge on any atom is -0.507 e. The third-order valence-corrected chi connectivity index (χ3v) is 4.76. The second-order valence-electron chi connectivity index (χ2n) is 9.52. The van der Waals surface area contributed by atoms with Gasteiger partial charge in [-0.1, -0.05) is 60.3 Å². The number of phenolic OH excluding ortho intramolecular Hbond substituents is 1. The lowest BCUT2D eigenvalue weighted by Gasteiger charge is -2.27. The van der Waals surface area contributed by atoms with Crippen molar-refractivity contribution in [3.8, 4) is 22.6 Å². The topological polar surface area (TPSA) is 46.5 Å². The molecule has 0 spiro atoms. The zero-order chi connectivity index (χ0) is 21.4. The SMILES string of the molecule is C=CC(=O)Oc1c(-c2cc(C)cc(C(C)(C)C)c2O)cc(C)cc1C(C)(C)C. The number of ether oxygens (including phenoxy) is 1. The van der Waals surface area contributed by atoms with E-state index in [9.17, 15) is 9.90 Å². The molecule has 3 nitrogen and oxygen atoms in total. The molecular formula is C25H32O3. The predicted molar refractivity (Wildman–Crippen MR) is 116 cm³/mol. The number of hydrogen-bond donors (Lipinski definition) is 1. The lowest BCUT2D eigenvalue weighted by atomic mass is 9.80. The molecule has 0 radical (unpaired) electrons. The van der Waals surface area contributed by atoms with Gasteiger partial charge in [0.15, 0.2) is 0 Å². The largest absolute Gasteiger partial charge is 0.507 e. The molecule has 28 heavy (non-hydrogen) atoms. The molecule has 2 aromatic rings. The average molecular weight is 381 g/mol. The molecule has 0 bridgehead atoms. The van der Waals surface area contributed by atoms with Crippen LogP contribution in [0.5, 0.6) is 11.5 Å². The summed E-state index contributed by atoms with van der Waals surface area (Å²) in [5.74, 6) is 0.182. The van der Waals surface area contributed by atoms with E-state index in [1.807, 2.05) is 38.1 Å². The Labute approximate surface area is 169 Å². The molecule has 0 amide bonds. The van der Waals surface area contributed by atoms with Crippen molar-refractivity contribution in [3.63, 3.8) is 0 Å². The van der Waals surface area contributed by atoms with Crippen molar-refractivity contribution in [1.82, 2.24) is 0 Å². The maximum Gasteiger partial charge on any atom is 0.335 e. The van der Waals surface area contributed by atoms with Crippen LogP contribution in [0.2, 0.25) is 0 Å². The summed E-state index contributed by atoms with van der Waals surface area (Å²) in [5.41, 5.74) is 4.77. The number of carbonyl (C=O) groups excluding carboxylic acids is 1. The number of aromatic hydroxyl groups is 1. The molecule has 0 unspecified atom stereocenters. The minimum atomic E-state index is -0.515. The Hall–Kier alpha value is -2.55. The van der Waals surface area contributed by atoms with Crippen LogP contribution in [-0.4, -0.2) is 11.1 Å². The predicted octanol–water partition coefficient (Wildman–Crippen LogP) is 6.36. The summed E-state index contributed by atoms with van der Waals surface area (Å²) in [6.07, 6.45) is 1.16. The van der Waals surface area contributed by atoms with E-state index in [1.54, 1.807) is 0 Å². The van der Waals surface area contributed by atoms with Gasteiger partial charge in [0.05, 0.1) is 0 Å². The Morgan fingerprint density at radius 1 is 0.893 bits per heavy atom. The van der Waals surface area contributed by atoms with Gasteiger partial charge in [-0.3, -0.25) is 0 Å². The second kappa shape index (κ2) is 7.46. The highest BCUT2D eigenvalue weighted by atomic mass is 16.5. The van der Waals surface area contributed by atoms with Gasteiger partial charge in [0, 0.05) is 28.3 Å². The van der Waals surface area contributed by atoms with Crippen molar-refractivity contribution in [1.29, 1.82) is 0 Å². The minimum absolute atomic E-state index is 0.222. The van der Waals surface area contributed by atoms with Crippen LogP contribution < -0.4 is 4.74 Å². The van der Waals surface area contributed by atoms with Gasteiger partial charge in [0.1, 0.15) is 11.5 Å². The Morgan fingerprint density at radius 3 is 1.82 bits per heavy atom. The van der Waals surface area contributed by atoms with Crippen LogP contribution in [-0.2, 0) is 15.6 Å². The van der Waals surface area contributed by atoms with Gasteiger partial charge in [-0.25, -0.2) is 4.79 Å². The summed E-state index contributed by atoms with van der Waals surface area (Å²) in [7, 11) is 0. The van der Waals surface area contributed by atoms with Crippen molar-refractivity contribution in [2.45, 2.75) is 66.2 Å². The normalized spacial score (nSPS) is 12.0. The molecule has 0 heterocycles. The second-order valence-corrected chi connectivity index (χ2v) is 9.52. The van der Waals surface area contributed by atoms with E-state index in [2.05, 4.69) is 48.1 Å². The maximum absolute atomic E-state index is 12.1. The van der Waals surface area contributed by atoms with Crippen molar-refractivity contribution < 1.29 is 14.6 Å². The third kappa shape index (κ3) is 4.46. The van der Waals surface area contributed by atoms with Crippen molar-refractivity contribution in [2.24, 2.45) is 0 Å². The van der Waals surface area contributed by atoms with E-state index < -0.39 is 5.97 Å². The van der Waals surface area contributed by atoms with Gasteiger partial charge in [0.25, 0.3) is 0 Å². The summed E-state index contributed by atoms with van der Waals surface area (Å²) in [6.45, 7) is 20.0. The van der Waals surface area contributed by atoms with E-state index >= 15 is 0 Å². The molecule has 2 rings (SSSR count). The summed E-state index contributed by atoms with van der Waals surface area (Å²) in [5, 5.41) is 11.1. The Balaban J connectivity index is 2.93. The number of aryl methyl sites for hydroxylation is 2. The molecule has 3 heteroatoms. The first-order valence-corrected chi connectivity index (χ1v) is 9.59. The maximum atomic E-state index is 12.1. The number of esters is 1. The molecule has 0 aliphatic rings. The monoisotopic (exact) mass is 380 g/mol. The van der Waals surface area contributed by atoms with E-state index in [1.165, 1.54) is 0 Å². The van der Waals surface area contributed by atoms with Crippen LogP contribution in [0.15, 0.2) is 36.9 Å². The Bertz CT molecular complexity index is 922. The number of phenols is 1. The molecule has 0 saturated carbocycles. The van der Waals surface area contributed by atoms with Gasteiger partial charge >= 0.3 is 5.97 Å². The molecule has 0 aromatic heterocycles. The number of hydrogen-bond acceptors (Lipinski definition) is 3. The first kappa shape index (κ1) is 21.7. The molecule has 1 N–H and O–H groups in total. The van der Waals surface area contributed by atoms with Crippen LogP contribution in [0.1, 0.15) is 63.8 Å². The quantitative estimate of drug-likeness (QED) is 0.383. The zero-order valence-corrected chi connectivity index (χ0v) is 18.4. The van der Waals surface area contributed by atoms with Crippen molar-refractivity contribution in [3.05, 3.63) is 59.2 Å². The molecule has 2 aromatic carbocycles. The highest BCUT2D eigenvalue weighted by molar-refractivity contribution is 5.88. The summed E-state index contributed by atoms with van der Waals surface area (Å²) < 4.78 is 5.71. The highest BCUT2D eigenvalue weighted by Crippen LogP contribution is 2.46. The fraction of sp³-hybridized carbons (Fsp3) is 0.400. The van der Waals surface area contributed by atoms with Gasteiger partial charge < -0.3 is 9.84 Å². The van der Waals surface area contributed by atoms with E-state index in [-0.39, 0.29) is 16.6 Å². The number of benzene rings is 2. The molecule has 0 atom stereocenters. The Kier molecular flexibility index (Phi) is 5.79. The third-order valence-electron chi connectivity index (χ3n) is 4.76. The molecule has 0 fully saturated rings. The summed E-state index contributed by atoms with van der Waals surface area (Å²) >= 11 is 0. The highest BCUT2D eigenvalue weighted by Gasteiger charge is 2.27. The molecule has 0 aliphatic carbocycles. The fourth-order valence-corrected chi connectivity index (χ4v) is 3.34. The zero-order valence-electron chi connectivity index (χ0n) is 18.4. The number of carbonyl (C=O) groups is 1. The number of rotatable bonds is 3. The van der Waals surface area contributed by atoms with Crippen LogP contribution in [0.25, 0.3) is 11.1 Å². The van der Waals surface area contributed by atoms with Crippen LogP contribution >= 0.6 is 0 Å². The molecule has 150 valence electrons. The van der Waals surface area contributed by atoms with E-state index in [4.69, 9.17) is 4.74 Å². The first-order chi connectivity index (χ1) is 12.8. The fourth-order valence-electron chi connectivity index (χ4n) is 3.34. The Morgan fingerprint density at radius 2 is 1.36 bits per heavy atom. The molecule has 0 saturated heterocycles. The van der Waals surface area contributed by atoms with Crippen molar-refractivity contribution in [2.75, 3.05) is 0 Å². The van der Waals surface area contributed by atoms with Crippen molar-refractivity contribution >= 4 is 5.97 Å². The van der Waals surface area contributed by atoms with Gasteiger partial charge in [-0.15, -0.1) is 0 Å². The molecular weight excluding hydrogens is 348 g/mol. The average Bonchev–Trinajstić information content (AvgIpc) is 2.55. The lowest BCUT2D eigenvalue weighted by Crippen LogP contribution is -2.17. The summed E-state index contributed by atoms with van der Waals surface area (Å²) in [6, 6.07) is 7.94. The lowest BCUT2D eigenvalue weighted by molar-refractivity contribution is -0.129. The van der Waals surface area contributed by atoms with Crippen LogP contribution in [0.4, 0.5) is 0 Å². The first-order valence-electron chi connectivity index (χ1n) is 9.59. The van der Waals surface area contributed by atoms with Crippen LogP contribution in [0, 0.1) is 13.8 Å². The standard InChI is InChI=1S/C25H32O3/c1-10-21(26)28-23-18(12-16(3)14-20(23)25(7,8)9)17-11-15(2)13-19(22(17)27)24(4,5)6/h10-14,27H,1H2,2-9H3. The summed E-state index contributed by atoms with van der Waals surface area (Å²) in [4.78, 5) is 12.1. The smallest absolute Gasteiger partial charge is 0.335 e. The van der Waals surface area contributed by atoms with E-state index in [0.717, 1.165) is 28.3 Å². The van der Waals surface area contributed by atoms with E-state index in [0.29, 0.717) is 16.9 Å². The van der Waals surface area contributed by atoms with Gasteiger partial charge in [-0.2, -0.15) is 0 Å². The van der Waals surface area contributed by atoms with Crippen LogP contribution in [0.3, 0.4) is 0 Å². The van der Waals surface area contributed by atoms with Gasteiger partial charge in [0.2, 0.25) is 0 Å².